The minimum absolute atomic E-state index is 0.0231. The minimum Gasteiger partial charge on any atom is -0.299 e. The first-order valence-electron chi connectivity index (χ1n) is 6.43. The normalized spacial score (nSPS) is 49.6. The van der Waals surface area contributed by atoms with Crippen LogP contribution in [-0.2, 0) is 9.59 Å². The largest absolute Gasteiger partial charge is 0.299 e. The Morgan fingerprint density at radius 1 is 1.06 bits per heavy atom. The van der Waals surface area contributed by atoms with Gasteiger partial charge in [-0.2, -0.15) is 0 Å². The third-order valence-electron chi connectivity index (χ3n) is 5.60. The second-order valence-electron chi connectivity index (χ2n) is 6.97. The van der Waals surface area contributed by atoms with Crippen LogP contribution >= 0.6 is 0 Å². The zero-order chi connectivity index (χ0) is 11.7. The second kappa shape index (κ2) is 2.77. The molecule has 4 bridgehead atoms. The first-order chi connectivity index (χ1) is 7.36. The van der Waals surface area contributed by atoms with Gasteiger partial charge in [-0.1, -0.05) is 20.8 Å². The summed E-state index contributed by atoms with van der Waals surface area (Å²) < 4.78 is 0. The molecule has 4 unspecified atom stereocenters. The number of hydrogen-bond acceptors (Lipinski definition) is 2. The third-order valence-corrected chi connectivity index (χ3v) is 5.60. The van der Waals surface area contributed by atoms with Crippen LogP contribution in [-0.4, -0.2) is 11.6 Å². The molecule has 4 aliphatic carbocycles. The van der Waals surface area contributed by atoms with Crippen molar-refractivity contribution >= 4 is 11.6 Å². The highest BCUT2D eigenvalue weighted by Gasteiger charge is 2.64. The van der Waals surface area contributed by atoms with E-state index in [0.717, 1.165) is 19.3 Å². The lowest BCUT2D eigenvalue weighted by Gasteiger charge is -2.62. The van der Waals surface area contributed by atoms with Crippen LogP contribution < -0.4 is 0 Å². The van der Waals surface area contributed by atoms with Gasteiger partial charge in [-0.05, 0) is 30.1 Å². The summed E-state index contributed by atoms with van der Waals surface area (Å²) in [6.07, 6.45) is 3.34. The lowest BCUT2D eigenvalue weighted by Crippen LogP contribution is -2.62. The smallest absolute Gasteiger partial charge is 0.140 e. The van der Waals surface area contributed by atoms with Gasteiger partial charge in [0.15, 0.2) is 0 Å². The number of fused-ring (bicyclic) bond motifs is 1. The van der Waals surface area contributed by atoms with Crippen molar-refractivity contribution in [3.8, 4) is 0 Å². The minimum atomic E-state index is -0.0231. The van der Waals surface area contributed by atoms with E-state index in [1.165, 1.54) is 0 Å². The van der Waals surface area contributed by atoms with Crippen molar-refractivity contribution in [2.75, 3.05) is 0 Å². The van der Waals surface area contributed by atoms with Crippen molar-refractivity contribution in [2.45, 2.75) is 46.5 Å². The number of ketones is 2. The van der Waals surface area contributed by atoms with Gasteiger partial charge in [-0.25, -0.2) is 0 Å². The highest BCUT2D eigenvalue weighted by atomic mass is 16.1. The Morgan fingerprint density at radius 2 is 1.75 bits per heavy atom. The Labute approximate surface area is 96.8 Å². The SMILES string of the molecule is CC1(C)CC2(C)C3CC1C(=O)C2CCC3=O. The van der Waals surface area contributed by atoms with E-state index in [9.17, 15) is 9.59 Å². The highest BCUT2D eigenvalue weighted by molar-refractivity contribution is 5.94. The molecule has 0 amide bonds. The van der Waals surface area contributed by atoms with Crippen molar-refractivity contribution < 1.29 is 9.59 Å². The van der Waals surface area contributed by atoms with Crippen molar-refractivity contribution in [2.24, 2.45) is 28.6 Å². The molecule has 0 N–H and O–H groups in total. The van der Waals surface area contributed by atoms with Crippen LogP contribution in [0.5, 0.6) is 0 Å². The summed E-state index contributed by atoms with van der Waals surface area (Å²) in [6, 6.07) is 0. The maximum atomic E-state index is 12.4. The summed E-state index contributed by atoms with van der Waals surface area (Å²) >= 11 is 0. The molecule has 0 spiro atoms. The Morgan fingerprint density at radius 3 is 2.44 bits per heavy atom. The van der Waals surface area contributed by atoms with Gasteiger partial charge in [0.2, 0.25) is 0 Å². The molecule has 2 heteroatoms. The molecule has 0 saturated heterocycles. The van der Waals surface area contributed by atoms with E-state index in [1.807, 2.05) is 0 Å². The first-order valence-corrected chi connectivity index (χ1v) is 6.43. The molecular formula is C14H20O2. The van der Waals surface area contributed by atoms with E-state index in [1.54, 1.807) is 0 Å². The van der Waals surface area contributed by atoms with Gasteiger partial charge in [0.1, 0.15) is 11.6 Å². The second-order valence-corrected chi connectivity index (χ2v) is 6.97. The van der Waals surface area contributed by atoms with Gasteiger partial charge in [0, 0.05) is 24.2 Å². The number of Topliss-reactive ketones (excluding diaryl/α,β-unsaturated/α-hetero) is 2. The number of carbonyl (C=O) groups excluding carboxylic acids is 2. The molecular weight excluding hydrogens is 200 g/mol. The molecule has 4 saturated carbocycles. The number of hydrogen-bond donors (Lipinski definition) is 0. The van der Waals surface area contributed by atoms with Gasteiger partial charge < -0.3 is 0 Å². The Bertz CT molecular complexity index is 374. The van der Waals surface area contributed by atoms with Crippen molar-refractivity contribution in [1.29, 1.82) is 0 Å². The van der Waals surface area contributed by atoms with E-state index >= 15 is 0 Å². The number of carbonyl (C=O) groups is 2. The van der Waals surface area contributed by atoms with Gasteiger partial charge in [-0.3, -0.25) is 9.59 Å². The van der Waals surface area contributed by atoms with Crippen LogP contribution in [0.4, 0.5) is 0 Å². The monoisotopic (exact) mass is 220 g/mol. The maximum absolute atomic E-state index is 12.4. The molecule has 0 radical (unpaired) electrons. The predicted octanol–water partition coefficient (Wildman–Crippen LogP) is 2.61. The molecule has 4 rings (SSSR count). The molecule has 4 fully saturated rings. The van der Waals surface area contributed by atoms with Crippen LogP contribution in [0, 0.1) is 28.6 Å². The summed E-state index contributed by atoms with van der Waals surface area (Å²) in [4.78, 5) is 24.4. The van der Waals surface area contributed by atoms with Gasteiger partial charge in [0.05, 0.1) is 0 Å². The zero-order valence-electron chi connectivity index (χ0n) is 10.4. The fraction of sp³-hybridized carbons (Fsp3) is 0.857. The molecule has 0 aromatic heterocycles. The Balaban J connectivity index is 2.10. The van der Waals surface area contributed by atoms with Gasteiger partial charge >= 0.3 is 0 Å². The maximum Gasteiger partial charge on any atom is 0.140 e. The highest BCUT2D eigenvalue weighted by Crippen LogP contribution is 2.64. The molecule has 4 atom stereocenters. The van der Waals surface area contributed by atoms with Crippen LogP contribution in [0.2, 0.25) is 0 Å². The molecule has 4 aliphatic rings. The average molecular weight is 220 g/mol. The Hall–Kier alpha value is -0.660. The third kappa shape index (κ3) is 1.03. The summed E-state index contributed by atoms with van der Waals surface area (Å²) in [7, 11) is 0. The summed E-state index contributed by atoms with van der Waals surface area (Å²) in [5, 5.41) is 0. The average Bonchev–Trinajstić information content (AvgIpc) is 2.11. The quantitative estimate of drug-likeness (QED) is 0.629. The van der Waals surface area contributed by atoms with E-state index in [2.05, 4.69) is 20.8 Å². The molecule has 0 aliphatic heterocycles. The zero-order valence-corrected chi connectivity index (χ0v) is 10.4. The summed E-state index contributed by atoms with van der Waals surface area (Å²) in [6.45, 7) is 6.59. The topological polar surface area (TPSA) is 34.1 Å². The van der Waals surface area contributed by atoms with Crippen LogP contribution in [0.15, 0.2) is 0 Å². The van der Waals surface area contributed by atoms with E-state index < -0.39 is 0 Å². The van der Waals surface area contributed by atoms with Crippen molar-refractivity contribution in [1.82, 2.24) is 0 Å². The standard InChI is InChI=1S/C14H20O2/c1-13(2)7-14(3)8-4-5-11(15)9(14)6-10(13)12(8)16/h8-10H,4-7H2,1-3H3. The van der Waals surface area contributed by atoms with Crippen LogP contribution in [0.3, 0.4) is 0 Å². The molecule has 0 heterocycles. The fourth-order valence-electron chi connectivity index (χ4n) is 4.92. The van der Waals surface area contributed by atoms with Crippen molar-refractivity contribution in [3.05, 3.63) is 0 Å². The number of rotatable bonds is 0. The molecule has 2 nitrogen and oxygen atoms in total. The molecule has 0 aromatic carbocycles. The molecule has 88 valence electrons. The molecule has 0 aromatic rings. The first kappa shape index (κ1) is 10.5. The summed E-state index contributed by atoms with van der Waals surface area (Å²) in [5.74, 6) is 1.40. The van der Waals surface area contributed by atoms with Gasteiger partial charge in [-0.15, -0.1) is 0 Å². The fourth-order valence-corrected chi connectivity index (χ4v) is 4.92. The lowest BCUT2D eigenvalue weighted by molar-refractivity contribution is -0.176. The van der Waals surface area contributed by atoms with E-state index in [0.29, 0.717) is 18.0 Å². The van der Waals surface area contributed by atoms with E-state index in [-0.39, 0.29) is 28.6 Å². The van der Waals surface area contributed by atoms with Crippen LogP contribution in [0.25, 0.3) is 0 Å². The van der Waals surface area contributed by atoms with Crippen LogP contribution in [0.1, 0.15) is 46.5 Å². The lowest BCUT2D eigenvalue weighted by atomic mass is 9.40. The Kier molecular flexibility index (Phi) is 1.82. The van der Waals surface area contributed by atoms with E-state index in [4.69, 9.17) is 0 Å². The predicted molar refractivity (Wildman–Crippen MR) is 60.8 cm³/mol. The van der Waals surface area contributed by atoms with Gasteiger partial charge in [0.25, 0.3) is 0 Å². The molecule has 16 heavy (non-hydrogen) atoms. The summed E-state index contributed by atoms with van der Waals surface area (Å²) in [5.41, 5.74) is 0.0844. The van der Waals surface area contributed by atoms with Crippen molar-refractivity contribution in [3.63, 3.8) is 0 Å².